The first-order chi connectivity index (χ1) is 9.78. The van der Waals surface area contributed by atoms with Gasteiger partial charge in [0.05, 0.1) is 0 Å². The van der Waals surface area contributed by atoms with Gasteiger partial charge in [-0.25, -0.2) is 0 Å². The van der Waals surface area contributed by atoms with Gasteiger partial charge in [0.2, 0.25) is 0 Å². The molecule has 1 unspecified atom stereocenters. The molecule has 0 amide bonds. The van der Waals surface area contributed by atoms with E-state index in [4.69, 9.17) is 0 Å². The second-order valence-electron chi connectivity index (χ2n) is 5.89. The summed E-state index contributed by atoms with van der Waals surface area (Å²) in [5.74, 6) is 0. The standard InChI is InChI=1S/C16H22Br2N2/c17-11-13-4-5-14(10-16(13)18)20-9-6-15(12-20)19-7-2-1-3-8-19/h4-5,10,15H,1-3,6-9,11-12H2. The monoisotopic (exact) mass is 400 g/mol. The molecule has 1 aromatic rings. The van der Waals surface area contributed by atoms with Crippen LogP contribution in [0.15, 0.2) is 22.7 Å². The summed E-state index contributed by atoms with van der Waals surface area (Å²) >= 11 is 7.21. The zero-order valence-electron chi connectivity index (χ0n) is 11.8. The topological polar surface area (TPSA) is 6.48 Å². The Hall–Kier alpha value is -0.0600. The number of hydrogen-bond acceptors (Lipinski definition) is 2. The van der Waals surface area contributed by atoms with Gasteiger partial charge in [-0.2, -0.15) is 0 Å². The third-order valence-corrected chi connectivity index (χ3v) is 5.96. The van der Waals surface area contributed by atoms with Crippen LogP contribution >= 0.6 is 31.9 Å². The van der Waals surface area contributed by atoms with Crippen molar-refractivity contribution >= 4 is 37.5 Å². The molecule has 0 N–H and O–H groups in total. The number of nitrogens with zero attached hydrogens (tertiary/aromatic N) is 2. The highest BCUT2D eigenvalue weighted by atomic mass is 79.9. The molecule has 0 saturated carbocycles. The van der Waals surface area contributed by atoms with Crippen LogP contribution < -0.4 is 4.90 Å². The van der Waals surface area contributed by atoms with Crippen LogP contribution in [-0.2, 0) is 5.33 Å². The Bertz CT molecular complexity index is 458. The summed E-state index contributed by atoms with van der Waals surface area (Å²) in [4.78, 5) is 5.26. The van der Waals surface area contributed by atoms with Crippen molar-refractivity contribution in [2.24, 2.45) is 0 Å². The summed E-state index contributed by atoms with van der Waals surface area (Å²) in [6.45, 7) is 5.01. The van der Waals surface area contributed by atoms with Crippen LogP contribution in [-0.4, -0.2) is 37.1 Å². The van der Waals surface area contributed by atoms with Crippen LogP contribution in [0.3, 0.4) is 0 Å². The maximum atomic E-state index is 3.68. The van der Waals surface area contributed by atoms with Gasteiger partial charge in [-0.3, -0.25) is 4.90 Å². The minimum Gasteiger partial charge on any atom is -0.370 e. The van der Waals surface area contributed by atoms with Gasteiger partial charge in [0, 0.05) is 34.6 Å². The van der Waals surface area contributed by atoms with Crippen molar-refractivity contribution in [1.82, 2.24) is 4.90 Å². The Kier molecular flexibility index (Phi) is 5.05. The lowest BCUT2D eigenvalue weighted by atomic mass is 10.1. The number of rotatable bonds is 3. The Morgan fingerprint density at radius 3 is 2.60 bits per heavy atom. The molecule has 2 aliphatic rings. The molecule has 3 rings (SSSR count). The molecule has 0 aliphatic carbocycles. The van der Waals surface area contributed by atoms with E-state index in [-0.39, 0.29) is 0 Å². The Morgan fingerprint density at radius 2 is 1.90 bits per heavy atom. The molecule has 110 valence electrons. The average Bonchev–Trinajstić information content (AvgIpc) is 2.98. The van der Waals surface area contributed by atoms with Gasteiger partial charge in [0.1, 0.15) is 0 Å². The first kappa shape index (κ1) is 14.9. The molecule has 0 aromatic heterocycles. The Balaban J connectivity index is 1.65. The molecular weight excluding hydrogens is 380 g/mol. The normalized spacial score (nSPS) is 24.3. The number of piperidine rings is 1. The number of anilines is 1. The van der Waals surface area contributed by atoms with Gasteiger partial charge in [0.25, 0.3) is 0 Å². The maximum absolute atomic E-state index is 3.68. The predicted octanol–water partition coefficient (Wildman–Crippen LogP) is 4.41. The molecule has 1 aromatic carbocycles. The second-order valence-corrected chi connectivity index (χ2v) is 7.31. The van der Waals surface area contributed by atoms with Gasteiger partial charge >= 0.3 is 0 Å². The van der Waals surface area contributed by atoms with E-state index in [0.717, 1.165) is 11.4 Å². The van der Waals surface area contributed by atoms with Crippen LogP contribution in [0.4, 0.5) is 5.69 Å². The molecule has 1 atom stereocenters. The summed E-state index contributed by atoms with van der Waals surface area (Å²) in [5.41, 5.74) is 2.68. The summed E-state index contributed by atoms with van der Waals surface area (Å²) in [7, 11) is 0. The van der Waals surface area contributed by atoms with E-state index in [0.29, 0.717) is 0 Å². The molecule has 2 heterocycles. The molecule has 4 heteroatoms. The zero-order valence-corrected chi connectivity index (χ0v) is 15.0. The Labute approximate surface area is 138 Å². The molecule has 20 heavy (non-hydrogen) atoms. The van der Waals surface area contributed by atoms with Crippen molar-refractivity contribution in [3.05, 3.63) is 28.2 Å². The molecule has 2 fully saturated rings. The lowest BCUT2D eigenvalue weighted by molar-refractivity contribution is 0.175. The number of halogens is 2. The van der Waals surface area contributed by atoms with Crippen molar-refractivity contribution in [2.45, 2.75) is 37.1 Å². The van der Waals surface area contributed by atoms with Gasteiger partial charge in [-0.1, -0.05) is 44.3 Å². The fourth-order valence-electron chi connectivity index (χ4n) is 3.40. The van der Waals surface area contributed by atoms with Crippen LogP contribution in [0.5, 0.6) is 0 Å². The van der Waals surface area contributed by atoms with Gasteiger partial charge in [0.15, 0.2) is 0 Å². The number of likely N-dealkylation sites (tertiary alicyclic amines) is 1. The molecular formula is C16H22Br2N2. The third kappa shape index (κ3) is 3.23. The highest BCUT2D eigenvalue weighted by Gasteiger charge is 2.28. The predicted molar refractivity (Wildman–Crippen MR) is 92.8 cm³/mol. The molecule has 2 saturated heterocycles. The maximum Gasteiger partial charge on any atom is 0.0378 e. The molecule has 2 aliphatic heterocycles. The number of benzene rings is 1. The SMILES string of the molecule is BrCc1ccc(N2CCC(N3CCCCC3)C2)cc1Br. The number of alkyl halides is 1. The largest absolute Gasteiger partial charge is 0.370 e. The quantitative estimate of drug-likeness (QED) is 0.692. The van der Waals surface area contributed by atoms with E-state index in [1.54, 1.807) is 0 Å². The lowest BCUT2D eigenvalue weighted by Crippen LogP contribution is -2.40. The van der Waals surface area contributed by atoms with E-state index in [9.17, 15) is 0 Å². The molecule has 0 radical (unpaired) electrons. The van der Waals surface area contributed by atoms with Crippen LogP contribution in [0.2, 0.25) is 0 Å². The minimum absolute atomic E-state index is 0.768. The summed E-state index contributed by atoms with van der Waals surface area (Å²) in [6, 6.07) is 7.53. The van der Waals surface area contributed by atoms with Crippen molar-refractivity contribution in [3.8, 4) is 0 Å². The Morgan fingerprint density at radius 1 is 1.10 bits per heavy atom. The highest BCUT2D eigenvalue weighted by molar-refractivity contribution is 9.10. The minimum atomic E-state index is 0.768. The van der Waals surface area contributed by atoms with E-state index in [2.05, 4.69) is 59.9 Å². The van der Waals surface area contributed by atoms with Crippen LogP contribution in [0.1, 0.15) is 31.2 Å². The summed E-state index contributed by atoms with van der Waals surface area (Å²) in [6.07, 6.45) is 5.52. The number of hydrogen-bond donors (Lipinski definition) is 0. The zero-order chi connectivity index (χ0) is 13.9. The van der Waals surface area contributed by atoms with Crippen LogP contribution in [0.25, 0.3) is 0 Å². The lowest BCUT2D eigenvalue weighted by Gasteiger charge is -2.32. The molecule has 0 bridgehead atoms. The smallest absolute Gasteiger partial charge is 0.0378 e. The highest BCUT2D eigenvalue weighted by Crippen LogP contribution is 2.29. The van der Waals surface area contributed by atoms with Crippen LogP contribution in [0, 0.1) is 0 Å². The summed E-state index contributed by atoms with van der Waals surface area (Å²) in [5, 5.41) is 0.907. The third-order valence-electron chi connectivity index (χ3n) is 4.62. The fourth-order valence-corrected chi connectivity index (χ4v) is 4.77. The van der Waals surface area contributed by atoms with Gasteiger partial charge in [-0.05, 0) is 50.0 Å². The average molecular weight is 402 g/mol. The molecule has 0 spiro atoms. The van der Waals surface area contributed by atoms with Crippen molar-refractivity contribution in [1.29, 1.82) is 0 Å². The van der Waals surface area contributed by atoms with Crippen molar-refractivity contribution in [3.63, 3.8) is 0 Å². The fraction of sp³-hybridized carbons (Fsp3) is 0.625. The van der Waals surface area contributed by atoms with Gasteiger partial charge < -0.3 is 4.90 Å². The van der Waals surface area contributed by atoms with Crippen molar-refractivity contribution in [2.75, 3.05) is 31.1 Å². The molecule has 2 nitrogen and oxygen atoms in total. The second kappa shape index (κ2) is 6.80. The van der Waals surface area contributed by atoms with E-state index < -0.39 is 0 Å². The first-order valence-corrected chi connectivity index (χ1v) is 9.53. The van der Waals surface area contributed by atoms with E-state index in [1.807, 2.05) is 0 Å². The van der Waals surface area contributed by atoms with E-state index in [1.165, 1.54) is 67.6 Å². The summed E-state index contributed by atoms with van der Waals surface area (Å²) < 4.78 is 1.22. The van der Waals surface area contributed by atoms with Gasteiger partial charge in [-0.15, -0.1) is 0 Å². The first-order valence-electron chi connectivity index (χ1n) is 7.61. The van der Waals surface area contributed by atoms with E-state index >= 15 is 0 Å². The van der Waals surface area contributed by atoms with Crippen molar-refractivity contribution < 1.29 is 0 Å².